The van der Waals surface area contributed by atoms with Crippen molar-refractivity contribution in [2.24, 2.45) is 29.4 Å². The van der Waals surface area contributed by atoms with Gasteiger partial charge in [0.2, 0.25) is 11.8 Å². The Morgan fingerprint density at radius 2 is 1.79 bits per heavy atom. The van der Waals surface area contributed by atoms with Gasteiger partial charge in [0.05, 0.1) is 24.1 Å². The summed E-state index contributed by atoms with van der Waals surface area (Å²) in [4.78, 5) is 80.8. The molecular formula is C26H31FN4O8. The van der Waals surface area contributed by atoms with Gasteiger partial charge in [0, 0.05) is 23.6 Å². The van der Waals surface area contributed by atoms with E-state index in [1.807, 2.05) is 0 Å². The van der Waals surface area contributed by atoms with Crippen LogP contribution in [0.1, 0.15) is 27.9 Å². The summed E-state index contributed by atoms with van der Waals surface area (Å²) in [7, 11) is 6.30. The quantitative estimate of drug-likeness (QED) is 0.296. The van der Waals surface area contributed by atoms with E-state index in [9.17, 15) is 39.0 Å². The summed E-state index contributed by atoms with van der Waals surface area (Å²) in [6, 6.07) is -0.232. The van der Waals surface area contributed by atoms with Gasteiger partial charge in [-0.3, -0.25) is 33.7 Å². The zero-order chi connectivity index (χ0) is 29.1. The maximum Gasteiger partial charge on any atom is 0.235 e. The molecule has 5 N–H and O–H groups in total. The fourth-order valence-corrected chi connectivity index (χ4v) is 6.35. The van der Waals surface area contributed by atoms with E-state index in [4.69, 9.17) is 5.73 Å². The number of aromatic hydroxyl groups is 1. The number of nitrogens with two attached hydrogens (primary N) is 1. The Balaban J connectivity index is 1.76. The topological polar surface area (TPSA) is 187 Å². The fraction of sp³-hybridized carbons (Fsp3) is 0.538. The van der Waals surface area contributed by atoms with E-state index in [-0.39, 0.29) is 37.1 Å². The fourth-order valence-electron chi connectivity index (χ4n) is 6.35. The molecule has 6 atom stereocenters. The second-order valence-electron chi connectivity index (χ2n) is 11.0. The highest BCUT2D eigenvalue weighted by Crippen LogP contribution is 2.51. The Morgan fingerprint density at radius 1 is 1.15 bits per heavy atom. The first-order chi connectivity index (χ1) is 18.1. The van der Waals surface area contributed by atoms with Gasteiger partial charge in [-0.05, 0) is 53.0 Å². The standard InChI is InChI=1S/C26H31FN4O8/c1-30(2)9-15(32)29-8-11-7-14(27)12-5-10-6-13-19(31(3)4)22(35)18(25(28)38)24(37)26(13,39)23(36)16(10)21(34)17(12)20(11)33/h7,10,13,16,18-19,33,39H,5-6,8-9H2,1-4H3,(H2,28,38)(H,29,32)/t10-,13-,16?,18?,19-,26-/m0/s1. The van der Waals surface area contributed by atoms with Crippen molar-refractivity contribution in [1.29, 1.82) is 0 Å². The number of primary amides is 1. The van der Waals surface area contributed by atoms with E-state index in [0.29, 0.717) is 0 Å². The molecule has 1 aromatic carbocycles. The van der Waals surface area contributed by atoms with Gasteiger partial charge in [0.1, 0.15) is 11.6 Å². The number of nitrogens with zero attached hydrogens (tertiary/aromatic N) is 2. The monoisotopic (exact) mass is 546 g/mol. The van der Waals surface area contributed by atoms with Crippen LogP contribution >= 0.6 is 0 Å². The van der Waals surface area contributed by atoms with Gasteiger partial charge in [0.15, 0.2) is 34.7 Å². The molecule has 12 nitrogen and oxygen atoms in total. The number of hydrogen-bond acceptors (Lipinski definition) is 10. The van der Waals surface area contributed by atoms with E-state index in [1.165, 1.54) is 19.0 Å². The van der Waals surface area contributed by atoms with Crippen molar-refractivity contribution in [3.63, 3.8) is 0 Å². The molecule has 2 saturated carbocycles. The minimum atomic E-state index is -2.86. The Bertz CT molecular complexity index is 1310. The molecule has 2 amide bonds. The van der Waals surface area contributed by atoms with E-state index < -0.39 is 87.4 Å². The number of phenolic OH excluding ortho intramolecular Hbond substituents is 1. The average molecular weight is 547 g/mol. The summed E-state index contributed by atoms with van der Waals surface area (Å²) in [5.41, 5.74) is 1.75. The molecule has 4 rings (SSSR count). The van der Waals surface area contributed by atoms with Gasteiger partial charge in [0.25, 0.3) is 0 Å². The molecule has 2 unspecified atom stereocenters. The average Bonchev–Trinajstić information content (AvgIpc) is 2.81. The van der Waals surface area contributed by atoms with Gasteiger partial charge in [-0.2, -0.15) is 0 Å². The van der Waals surface area contributed by atoms with Crippen molar-refractivity contribution in [2.75, 3.05) is 34.7 Å². The summed E-state index contributed by atoms with van der Waals surface area (Å²) in [5, 5.41) is 25.0. The second-order valence-corrected chi connectivity index (χ2v) is 11.0. The molecule has 0 aromatic heterocycles. The molecule has 0 spiro atoms. The zero-order valence-electron chi connectivity index (χ0n) is 22.0. The third-order valence-corrected chi connectivity index (χ3v) is 8.02. The lowest BCUT2D eigenvalue weighted by Crippen LogP contribution is -2.74. The number of carbonyl (C=O) groups excluding carboxylic acids is 6. The molecule has 0 aliphatic heterocycles. The Morgan fingerprint density at radius 3 is 2.36 bits per heavy atom. The van der Waals surface area contributed by atoms with E-state index in [0.717, 1.165) is 6.07 Å². The van der Waals surface area contributed by atoms with Crippen LogP contribution in [0.25, 0.3) is 0 Å². The first-order valence-corrected chi connectivity index (χ1v) is 12.4. The maximum atomic E-state index is 15.3. The molecule has 13 heteroatoms. The molecular weight excluding hydrogens is 515 g/mol. The Hall–Kier alpha value is -3.55. The highest BCUT2D eigenvalue weighted by Gasteiger charge is 2.69. The summed E-state index contributed by atoms with van der Waals surface area (Å²) in [6.45, 7) is -0.267. The van der Waals surface area contributed by atoms with Crippen LogP contribution in [0.2, 0.25) is 0 Å². The lowest BCUT2D eigenvalue weighted by Gasteiger charge is -2.52. The van der Waals surface area contributed by atoms with Crippen molar-refractivity contribution in [2.45, 2.75) is 31.0 Å². The number of ketones is 4. The lowest BCUT2D eigenvalue weighted by molar-refractivity contribution is -0.181. The van der Waals surface area contributed by atoms with Crippen LogP contribution in [0.15, 0.2) is 6.07 Å². The summed E-state index contributed by atoms with van der Waals surface area (Å²) >= 11 is 0. The predicted molar refractivity (Wildman–Crippen MR) is 132 cm³/mol. The summed E-state index contributed by atoms with van der Waals surface area (Å²) in [5.74, 6) is -13.5. The minimum absolute atomic E-state index is 0.0297. The van der Waals surface area contributed by atoms with Crippen LogP contribution in [0.3, 0.4) is 0 Å². The summed E-state index contributed by atoms with van der Waals surface area (Å²) < 4.78 is 15.3. The number of rotatable bonds is 6. The molecule has 3 aliphatic rings. The molecule has 0 heterocycles. The third kappa shape index (κ3) is 4.34. The van der Waals surface area contributed by atoms with Crippen molar-refractivity contribution >= 4 is 34.9 Å². The third-order valence-electron chi connectivity index (χ3n) is 8.02. The number of phenols is 1. The number of hydrogen-bond donors (Lipinski definition) is 4. The normalized spacial score (nSPS) is 30.2. The van der Waals surface area contributed by atoms with Crippen LogP contribution in [-0.4, -0.2) is 101 Å². The molecule has 0 radical (unpaired) electrons. The molecule has 0 saturated heterocycles. The number of aliphatic hydroxyl groups is 1. The highest BCUT2D eigenvalue weighted by molar-refractivity contribution is 6.32. The molecule has 2 fully saturated rings. The van der Waals surface area contributed by atoms with Crippen molar-refractivity contribution in [3.05, 3.63) is 28.6 Å². The highest BCUT2D eigenvalue weighted by atomic mass is 19.1. The maximum absolute atomic E-state index is 15.3. The lowest BCUT2D eigenvalue weighted by atomic mass is 9.52. The largest absolute Gasteiger partial charge is 0.507 e. The van der Waals surface area contributed by atoms with Gasteiger partial charge in [-0.1, -0.05) is 0 Å². The number of carbonyl (C=O) groups is 6. The van der Waals surface area contributed by atoms with Gasteiger partial charge in [-0.15, -0.1) is 0 Å². The number of Topliss-reactive ketones (excluding diaryl/α,β-unsaturated/α-hetero) is 4. The first kappa shape index (κ1) is 28.5. The van der Waals surface area contributed by atoms with Gasteiger partial charge in [-0.25, -0.2) is 4.39 Å². The van der Waals surface area contributed by atoms with Crippen molar-refractivity contribution in [1.82, 2.24) is 15.1 Å². The van der Waals surface area contributed by atoms with Crippen LogP contribution in [0.4, 0.5) is 4.39 Å². The SMILES string of the molecule is CN(C)CC(=O)NCc1cc(F)c2c(c1O)C(=O)C1C(=O)[C@]3(O)C(=O)C(C(N)=O)C(=O)[C@@H](N(C)C)[C@@H]3C[C@@H]1C2. The van der Waals surface area contributed by atoms with Crippen LogP contribution < -0.4 is 11.1 Å². The zero-order valence-corrected chi connectivity index (χ0v) is 22.0. The Labute approximate surface area is 223 Å². The van der Waals surface area contributed by atoms with Crippen LogP contribution in [0, 0.1) is 29.5 Å². The summed E-state index contributed by atoms with van der Waals surface area (Å²) in [6.07, 6.45) is -0.356. The van der Waals surface area contributed by atoms with Crippen molar-refractivity contribution in [3.8, 4) is 5.75 Å². The minimum Gasteiger partial charge on any atom is -0.507 e. The Kier molecular flexibility index (Phi) is 7.21. The van der Waals surface area contributed by atoms with E-state index in [1.54, 1.807) is 19.0 Å². The molecule has 1 aromatic rings. The molecule has 0 bridgehead atoms. The molecule has 3 aliphatic carbocycles. The van der Waals surface area contributed by atoms with Gasteiger partial charge < -0.3 is 26.2 Å². The van der Waals surface area contributed by atoms with Crippen molar-refractivity contribution < 1.29 is 43.4 Å². The molecule has 210 valence electrons. The number of benzene rings is 1. The first-order valence-electron chi connectivity index (χ1n) is 12.4. The van der Waals surface area contributed by atoms with Crippen LogP contribution in [-0.2, 0) is 36.9 Å². The smallest absolute Gasteiger partial charge is 0.235 e. The predicted octanol–water partition coefficient (Wildman–Crippen LogP) is -1.82. The van der Waals surface area contributed by atoms with E-state index >= 15 is 4.39 Å². The second kappa shape index (κ2) is 9.88. The number of halogens is 1. The molecule has 39 heavy (non-hydrogen) atoms. The van der Waals surface area contributed by atoms with Crippen LogP contribution in [0.5, 0.6) is 5.75 Å². The number of amides is 2. The van der Waals surface area contributed by atoms with Gasteiger partial charge >= 0.3 is 0 Å². The number of fused-ring (bicyclic) bond motifs is 3. The number of likely N-dealkylation sites (N-methyl/N-ethyl adjacent to an activating group) is 2. The van der Waals surface area contributed by atoms with E-state index in [2.05, 4.69) is 5.32 Å². The number of nitrogens with one attached hydrogen (secondary N) is 1.